The van der Waals surface area contributed by atoms with Crippen molar-refractivity contribution < 1.29 is 32.6 Å². The van der Waals surface area contributed by atoms with E-state index in [1.165, 1.54) is 29.2 Å². The van der Waals surface area contributed by atoms with E-state index in [0.29, 0.717) is 13.0 Å². The molecule has 2 N–H and O–H groups in total. The fraction of sp³-hybridized carbons (Fsp3) is 0.600. The Kier molecular flexibility index (Phi) is 6.82. The maximum atomic E-state index is 13.5. The van der Waals surface area contributed by atoms with Crippen LogP contribution in [0.4, 0.5) is 18.0 Å². The summed E-state index contributed by atoms with van der Waals surface area (Å²) in [6, 6.07) is 6.78. The summed E-state index contributed by atoms with van der Waals surface area (Å²) in [6.07, 6.45) is -5.73. The van der Waals surface area contributed by atoms with Crippen LogP contribution in [0.5, 0.6) is 0 Å². The summed E-state index contributed by atoms with van der Waals surface area (Å²) in [5, 5.41) is 12.7. The van der Waals surface area contributed by atoms with Gasteiger partial charge in [-0.3, -0.25) is 4.79 Å². The Bertz CT molecular complexity index is 719. The van der Waals surface area contributed by atoms with Crippen molar-refractivity contribution in [2.45, 2.75) is 51.0 Å². The number of hydrogen-bond acceptors (Lipinski definition) is 4. The Balaban J connectivity index is 1.91. The zero-order valence-corrected chi connectivity index (χ0v) is 16.8. The number of hydrogen-bond donors (Lipinski definition) is 2. The molecule has 1 aliphatic heterocycles. The number of rotatable bonds is 5. The Morgan fingerprint density at radius 3 is 2.38 bits per heavy atom. The van der Waals surface area contributed by atoms with Crippen molar-refractivity contribution in [3.63, 3.8) is 0 Å². The van der Waals surface area contributed by atoms with Crippen molar-refractivity contribution in [3.05, 3.63) is 35.9 Å². The van der Waals surface area contributed by atoms with E-state index in [1.54, 1.807) is 26.8 Å². The molecule has 1 heterocycles. The quantitative estimate of drug-likeness (QED) is 0.773. The number of benzene rings is 1. The minimum Gasteiger partial charge on any atom is -0.444 e. The molecule has 2 unspecified atom stereocenters. The molecule has 1 aliphatic rings. The SMILES string of the molecule is CC(C)(C)OC(=O)N1CCC(C(=O)NCCC(O)(c2ccccc2)C(F)(F)F)C1. The second-order valence-electron chi connectivity index (χ2n) is 8.18. The molecule has 0 bridgehead atoms. The highest BCUT2D eigenvalue weighted by atomic mass is 19.4. The van der Waals surface area contributed by atoms with Gasteiger partial charge in [-0.15, -0.1) is 0 Å². The van der Waals surface area contributed by atoms with Crippen LogP contribution < -0.4 is 5.32 Å². The molecule has 1 fully saturated rings. The molecule has 0 radical (unpaired) electrons. The monoisotopic (exact) mass is 416 g/mol. The second-order valence-corrected chi connectivity index (χ2v) is 8.18. The Morgan fingerprint density at radius 2 is 1.83 bits per heavy atom. The number of carbonyl (C=O) groups excluding carboxylic acids is 2. The lowest BCUT2D eigenvalue weighted by atomic mass is 9.89. The van der Waals surface area contributed by atoms with E-state index in [4.69, 9.17) is 4.74 Å². The van der Waals surface area contributed by atoms with Gasteiger partial charge in [0.05, 0.1) is 5.92 Å². The Hall–Kier alpha value is -2.29. The smallest absolute Gasteiger partial charge is 0.421 e. The van der Waals surface area contributed by atoms with Gasteiger partial charge in [-0.1, -0.05) is 30.3 Å². The summed E-state index contributed by atoms with van der Waals surface area (Å²) in [5.41, 5.74) is -3.99. The van der Waals surface area contributed by atoms with Gasteiger partial charge < -0.3 is 20.1 Å². The number of likely N-dealkylation sites (tertiary alicyclic amines) is 1. The fourth-order valence-corrected chi connectivity index (χ4v) is 3.14. The van der Waals surface area contributed by atoms with Crippen molar-refractivity contribution in [3.8, 4) is 0 Å². The van der Waals surface area contributed by atoms with Crippen molar-refractivity contribution in [1.29, 1.82) is 0 Å². The summed E-state index contributed by atoms with van der Waals surface area (Å²) in [4.78, 5) is 25.8. The second kappa shape index (κ2) is 8.61. The van der Waals surface area contributed by atoms with Crippen LogP contribution in [0.25, 0.3) is 0 Å². The Labute approximate surface area is 168 Å². The minimum atomic E-state index is -4.89. The van der Waals surface area contributed by atoms with E-state index in [9.17, 15) is 27.9 Å². The highest BCUT2D eigenvalue weighted by molar-refractivity contribution is 5.80. The molecule has 29 heavy (non-hydrogen) atoms. The number of alkyl halides is 3. The maximum Gasteiger partial charge on any atom is 0.421 e. The summed E-state index contributed by atoms with van der Waals surface area (Å²) in [6.45, 7) is 5.33. The van der Waals surface area contributed by atoms with E-state index in [-0.39, 0.29) is 18.7 Å². The zero-order chi connectivity index (χ0) is 21.9. The molecule has 1 saturated heterocycles. The first kappa shape index (κ1) is 23.0. The molecular formula is C20H27F3N2O4. The van der Waals surface area contributed by atoms with Crippen LogP contribution in [0.3, 0.4) is 0 Å². The van der Waals surface area contributed by atoms with Crippen molar-refractivity contribution in [2.24, 2.45) is 5.92 Å². The molecule has 9 heteroatoms. The van der Waals surface area contributed by atoms with E-state index in [0.717, 1.165) is 0 Å². The number of amides is 2. The van der Waals surface area contributed by atoms with Crippen molar-refractivity contribution in [1.82, 2.24) is 10.2 Å². The van der Waals surface area contributed by atoms with Gasteiger partial charge in [-0.05, 0) is 32.8 Å². The van der Waals surface area contributed by atoms with Gasteiger partial charge in [0.2, 0.25) is 5.91 Å². The number of carbonyl (C=O) groups is 2. The van der Waals surface area contributed by atoms with Gasteiger partial charge in [0, 0.05) is 26.1 Å². The lowest BCUT2D eigenvalue weighted by molar-refractivity contribution is -0.268. The summed E-state index contributed by atoms with van der Waals surface area (Å²) in [5.74, 6) is -0.980. The van der Waals surface area contributed by atoms with Gasteiger partial charge in [-0.25, -0.2) is 4.79 Å². The molecule has 1 aromatic carbocycles. The third kappa shape index (κ3) is 5.85. The molecule has 0 aromatic heterocycles. The van der Waals surface area contributed by atoms with Gasteiger partial charge in [0.1, 0.15) is 5.60 Å². The summed E-state index contributed by atoms with van der Waals surface area (Å²) >= 11 is 0. The average Bonchev–Trinajstić information content (AvgIpc) is 3.10. The summed E-state index contributed by atoms with van der Waals surface area (Å²) in [7, 11) is 0. The van der Waals surface area contributed by atoms with Crippen LogP contribution in [0.15, 0.2) is 30.3 Å². The third-order valence-corrected chi connectivity index (χ3v) is 4.72. The number of nitrogens with zero attached hydrogens (tertiary/aromatic N) is 1. The molecule has 2 atom stereocenters. The first-order valence-electron chi connectivity index (χ1n) is 9.44. The number of halogens is 3. The van der Waals surface area contributed by atoms with Crippen LogP contribution >= 0.6 is 0 Å². The Morgan fingerprint density at radius 1 is 1.21 bits per heavy atom. The van der Waals surface area contributed by atoms with Gasteiger partial charge in [0.15, 0.2) is 5.60 Å². The van der Waals surface area contributed by atoms with Crippen LogP contribution in [0.1, 0.15) is 39.2 Å². The van der Waals surface area contributed by atoms with E-state index in [2.05, 4.69) is 5.32 Å². The molecule has 162 valence electrons. The number of nitrogens with one attached hydrogen (secondary N) is 1. The molecule has 2 amide bonds. The number of ether oxygens (including phenoxy) is 1. The zero-order valence-electron chi connectivity index (χ0n) is 16.8. The summed E-state index contributed by atoms with van der Waals surface area (Å²) < 4.78 is 45.7. The van der Waals surface area contributed by atoms with Crippen molar-refractivity contribution >= 4 is 12.0 Å². The van der Waals surface area contributed by atoms with Gasteiger partial charge in [0.25, 0.3) is 0 Å². The number of aliphatic hydroxyl groups is 1. The highest BCUT2D eigenvalue weighted by Gasteiger charge is 2.54. The van der Waals surface area contributed by atoms with E-state index < -0.39 is 41.7 Å². The van der Waals surface area contributed by atoms with Gasteiger partial charge in [-0.2, -0.15) is 13.2 Å². The fourth-order valence-electron chi connectivity index (χ4n) is 3.14. The predicted octanol–water partition coefficient (Wildman–Crippen LogP) is 3.20. The highest BCUT2D eigenvalue weighted by Crippen LogP contribution is 2.41. The topological polar surface area (TPSA) is 78.9 Å². The molecule has 0 saturated carbocycles. The minimum absolute atomic E-state index is 0.142. The molecule has 0 aliphatic carbocycles. The predicted molar refractivity (Wildman–Crippen MR) is 99.9 cm³/mol. The molecule has 1 aromatic rings. The van der Waals surface area contributed by atoms with Crippen LogP contribution in [0.2, 0.25) is 0 Å². The maximum absolute atomic E-state index is 13.5. The molecule has 6 nitrogen and oxygen atoms in total. The standard InChI is InChI=1S/C20H27F3N2O4/c1-18(2,3)29-17(27)25-12-9-14(13-25)16(26)24-11-10-19(28,20(21,22)23)15-7-5-4-6-8-15/h4-8,14,28H,9-13H2,1-3H3,(H,24,26). The normalized spacial score (nSPS) is 19.6. The van der Waals surface area contributed by atoms with E-state index >= 15 is 0 Å². The van der Waals surface area contributed by atoms with Crippen molar-refractivity contribution in [2.75, 3.05) is 19.6 Å². The first-order chi connectivity index (χ1) is 13.3. The largest absolute Gasteiger partial charge is 0.444 e. The lowest BCUT2D eigenvalue weighted by Crippen LogP contribution is -2.45. The molecule has 2 rings (SSSR count). The van der Waals surface area contributed by atoms with Crippen LogP contribution in [0, 0.1) is 5.92 Å². The third-order valence-electron chi connectivity index (χ3n) is 4.72. The average molecular weight is 416 g/mol. The molecular weight excluding hydrogens is 389 g/mol. The van der Waals surface area contributed by atoms with Gasteiger partial charge >= 0.3 is 12.3 Å². The lowest BCUT2D eigenvalue weighted by Gasteiger charge is -2.31. The van der Waals surface area contributed by atoms with Crippen LogP contribution in [-0.2, 0) is 15.1 Å². The first-order valence-corrected chi connectivity index (χ1v) is 9.44. The molecule has 0 spiro atoms. The van der Waals surface area contributed by atoms with Crippen LogP contribution in [-0.4, -0.2) is 53.4 Å². The van der Waals surface area contributed by atoms with E-state index in [1.807, 2.05) is 0 Å².